The highest BCUT2D eigenvalue weighted by Crippen LogP contribution is 2.23. The topological polar surface area (TPSA) is 66.0 Å². The maximum Gasteiger partial charge on any atom is 0.256 e. The van der Waals surface area contributed by atoms with Crippen LogP contribution < -0.4 is 5.32 Å². The molecule has 114 valence electrons. The number of aromatic amines is 1. The maximum atomic E-state index is 12.7. The lowest BCUT2D eigenvalue weighted by atomic mass is 10.1. The van der Waals surface area contributed by atoms with Gasteiger partial charge in [-0.25, -0.2) is 4.98 Å². The Morgan fingerprint density at radius 3 is 2.86 bits per heavy atom. The molecular weight excluding hydrogens is 290 g/mol. The third-order valence-electron chi connectivity index (χ3n) is 3.84. The Kier molecular flexibility index (Phi) is 4.69. The number of piperazine rings is 1. The Balaban J connectivity index is 0.00000161. The van der Waals surface area contributed by atoms with Gasteiger partial charge in [-0.2, -0.15) is 0 Å². The lowest BCUT2D eigenvalue weighted by molar-refractivity contribution is 0.0620. The van der Waals surface area contributed by atoms with Crippen molar-refractivity contribution in [3.63, 3.8) is 0 Å². The van der Waals surface area contributed by atoms with E-state index in [1.165, 1.54) is 0 Å². The summed E-state index contributed by atoms with van der Waals surface area (Å²) in [6, 6.07) is -0.0226. The highest BCUT2D eigenvalue weighted by atomic mass is 35.5. The standard InChI is InChI=1S/C14H19N5O.ClH/c1-10-7-16-8-11(10)14(20)19-6-3-15-9-12(19)13-17-4-5-18(13)2;/h4-5,7-8,12,15-16H,3,6,9H2,1-2H3;1H. The zero-order valence-corrected chi connectivity index (χ0v) is 13.0. The van der Waals surface area contributed by atoms with Crippen LogP contribution in [-0.4, -0.2) is 45.0 Å². The van der Waals surface area contributed by atoms with Crippen LogP contribution in [0.2, 0.25) is 0 Å². The van der Waals surface area contributed by atoms with E-state index in [2.05, 4.69) is 15.3 Å². The first-order valence-corrected chi connectivity index (χ1v) is 6.81. The van der Waals surface area contributed by atoms with E-state index in [1.54, 1.807) is 12.4 Å². The number of carbonyl (C=O) groups excluding carboxylic acids is 1. The second-order valence-corrected chi connectivity index (χ2v) is 5.17. The number of rotatable bonds is 2. The number of nitrogens with one attached hydrogen (secondary N) is 2. The second-order valence-electron chi connectivity index (χ2n) is 5.17. The van der Waals surface area contributed by atoms with Crippen molar-refractivity contribution in [1.29, 1.82) is 0 Å². The minimum atomic E-state index is -0.0226. The van der Waals surface area contributed by atoms with E-state index in [-0.39, 0.29) is 24.4 Å². The van der Waals surface area contributed by atoms with Crippen molar-refractivity contribution in [2.24, 2.45) is 7.05 Å². The number of nitrogens with zero attached hydrogens (tertiary/aromatic N) is 3. The van der Waals surface area contributed by atoms with Crippen LogP contribution in [0.1, 0.15) is 27.8 Å². The van der Waals surface area contributed by atoms with Gasteiger partial charge >= 0.3 is 0 Å². The molecule has 1 atom stereocenters. The minimum Gasteiger partial charge on any atom is -0.367 e. The molecule has 21 heavy (non-hydrogen) atoms. The lowest BCUT2D eigenvalue weighted by Gasteiger charge is -2.35. The van der Waals surface area contributed by atoms with Gasteiger partial charge in [0.1, 0.15) is 11.9 Å². The van der Waals surface area contributed by atoms with Gasteiger partial charge in [-0.05, 0) is 12.5 Å². The quantitative estimate of drug-likeness (QED) is 0.878. The van der Waals surface area contributed by atoms with Gasteiger partial charge < -0.3 is 19.8 Å². The molecule has 1 aliphatic rings. The molecule has 0 bridgehead atoms. The molecule has 1 saturated heterocycles. The Bertz CT molecular complexity index is 620. The Morgan fingerprint density at radius 1 is 1.43 bits per heavy atom. The van der Waals surface area contributed by atoms with E-state index in [0.717, 1.165) is 30.0 Å². The second kappa shape index (κ2) is 6.32. The van der Waals surface area contributed by atoms with Crippen LogP contribution in [0.15, 0.2) is 24.8 Å². The highest BCUT2D eigenvalue weighted by molar-refractivity contribution is 5.95. The number of H-pyrrole nitrogens is 1. The highest BCUT2D eigenvalue weighted by Gasteiger charge is 2.31. The number of carbonyl (C=O) groups is 1. The lowest BCUT2D eigenvalue weighted by Crippen LogP contribution is -2.49. The van der Waals surface area contributed by atoms with Gasteiger partial charge in [0.25, 0.3) is 5.91 Å². The van der Waals surface area contributed by atoms with Crippen LogP contribution in [0.25, 0.3) is 0 Å². The van der Waals surface area contributed by atoms with Crippen molar-refractivity contribution in [2.75, 3.05) is 19.6 Å². The summed E-state index contributed by atoms with van der Waals surface area (Å²) in [5.74, 6) is 0.983. The van der Waals surface area contributed by atoms with Crippen molar-refractivity contribution in [1.82, 2.24) is 24.8 Å². The van der Waals surface area contributed by atoms with E-state index >= 15 is 0 Å². The monoisotopic (exact) mass is 309 g/mol. The van der Waals surface area contributed by atoms with Gasteiger partial charge in [0.15, 0.2) is 0 Å². The number of hydrogen-bond acceptors (Lipinski definition) is 3. The fourth-order valence-electron chi connectivity index (χ4n) is 2.70. The molecule has 6 nitrogen and oxygen atoms in total. The summed E-state index contributed by atoms with van der Waals surface area (Å²) < 4.78 is 1.97. The van der Waals surface area contributed by atoms with Crippen LogP contribution in [0.5, 0.6) is 0 Å². The van der Waals surface area contributed by atoms with Crippen LogP contribution in [0.3, 0.4) is 0 Å². The molecular formula is C14H20ClN5O. The molecule has 2 N–H and O–H groups in total. The van der Waals surface area contributed by atoms with Crippen molar-refractivity contribution >= 4 is 18.3 Å². The first-order valence-electron chi connectivity index (χ1n) is 6.81. The third kappa shape index (κ3) is 2.82. The van der Waals surface area contributed by atoms with Gasteiger partial charge in [-0.15, -0.1) is 12.4 Å². The van der Waals surface area contributed by atoms with Gasteiger partial charge in [-0.3, -0.25) is 4.79 Å². The zero-order valence-electron chi connectivity index (χ0n) is 12.2. The van der Waals surface area contributed by atoms with Gasteiger partial charge in [-0.1, -0.05) is 0 Å². The molecule has 1 aliphatic heterocycles. The van der Waals surface area contributed by atoms with Gasteiger partial charge in [0.05, 0.1) is 5.56 Å². The number of imidazole rings is 1. The molecule has 2 aromatic rings. The number of halogens is 1. The van der Waals surface area contributed by atoms with E-state index < -0.39 is 0 Å². The molecule has 0 aromatic carbocycles. The summed E-state index contributed by atoms with van der Waals surface area (Å²) in [6.07, 6.45) is 7.31. The Morgan fingerprint density at radius 2 is 2.24 bits per heavy atom. The molecule has 0 aliphatic carbocycles. The van der Waals surface area contributed by atoms with Crippen molar-refractivity contribution in [3.8, 4) is 0 Å². The third-order valence-corrected chi connectivity index (χ3v) is 3.84. The number of aromatic nitrogens is 3. The summed E-state index contributed by atoms with van der Waals surface area (Å²) in [5, 5.41) is 3.34. The summed E-state index contributed by atoms with van der Waals surface area (Å²) in [5.41, 5.74) is 1.72. The van der Waals surface area contributed by atoms with Gasteiger partial charge in [0, 0.05) is 51.5 Å². The smallest absolute Gasteiger partial charge is 0.256 e. The van der Waals surface area contributed by atoms with Crippen molar-refractivity contribution in [3.05, 3.63) is 41.7 Å². The van der Waals surface area contributed by atoms with Crippen LogP contribution in [0.4, 0.5) is 0 Å². The minimum absolute atomic E-state index is 0. The fourth-order valence-corrected chi connectivity index (χ4v) is 2.70. The molecule has 1 fully saturated rings. The molecule has 1 unspecified atom stereocenters. The Hall–Kier alpha value is -1.79. The van der Waals surface area contributed by atoms with E-state index in [9.17, 15) is 4.79 Å². The predicted molar refractivity (Wildman–Crippen MR) is 82.6 cm³/mol. The SMILES string of the molecule is Cc1c[nH]cc1C(=O)N1CCNCC1c1nccn1C.Cl. The van der Waals surface area contributed by atoms with Gasteiger partial charge in [0.2, 0.25) is 0 Å². The largest absolute Gasteiger partial charge is 0.367 e. The summed E-state index contributed by atoms with van der Waals surface area (Å²) in [4.78, 5) is 22.0. The molecule has 2 aromatic heterocycles. The van der Waals surface area contributed by atoms with Crippen LogP contribution >= 0.6 is 12.4 Å². The van der Waals surface area contributed by atoms with Crippen molar-refractivity contribution in [2.45, 2.75) is 13.0 Å². The molecule has 0 saturated carbocycles. The van der Waals surface area contributed by atoms with E-state index in [4.69, 9.17) is 0 Å². The van der Waals surface area contributed by atoms with Crippen LogP contribution in [-0.2, 0) is 7.05 Å². The zero-order chi connectivity index (χ0) is 14.1. The van der Waals surface area contributed by atoms with E-state index in [1.807, 2.05) is 35.8 Å². The normalized spacial score (nSPS) is 18.4. The van der Waals surface area contributed by atoms with Crippen LogP contribution in [0, 0.1) is 6.92 Å². The Labute approximate surface area is 130 Å². The molecule has 3 heterocycles. The summed E-state index contributed by atoms with van der Waals surface area (Å²) >= 11 is 0. The predicted octanol–water partition coefficient (Wildman–Crippen LogP) is 1.27. The first kappa shape index (κ1) is 15.6. The summed E-state index contributed by atoms with van der Waals surface area (Å²) in [6.45, 7) is 4.19. The number of hydrogen-bond donors (Lipinski definition) is 2. The maximum absolute atomic E-state index is 12.7. The van der Waals surface area contributed by atoms with E-state index in [0.29, 0.717) is 6.54 Å². The average Bonchev–Trinajstić information content (AvgIpc) is 3.06. The molecule has 0 radical (unpaired) electrons. The molecule has 0 spiro atoms. The van der Waals surface area contributed by atoms with Crippen molar-refractivity contribution < 1.29 is 4.79 Å². The average molecular weight is 310 g/mol. The number of amides is 1. The molecule has 3 rings (SSSR count). The fraction of sp³-hybridized carbons (Fsp3) is 0.429. The molecule has 1 amide bonds. The first-order chi connectivity index (χ1) is 9.68. The summed E-state index contributed by atoms with van der Waals surface area (Å²) in [7, 11) is 1.96. The number of aryl methyl sites for hydroxylation is 2. The molecule has 7 heteroatoms.